The van der Waals surface area contributed by atoms with Crippen LogP contribution in [0.5, 0.6) is 0 Å². The standard InChI is InChI=1S/C10H15F3N2O3S/c1-9(2,3)8-7(5-15(4)14-8)6-18-19(16,17)10(11,12)13/h5H,6H2,1-4H3. The summed E-state index contributed by atoms with van der Waals surface area (Å²) < 4.78 is 63.5. The molecular formula is C10H15F3N2O3S. The molecular weight excluding hydrogens is 285 g/mol. The molecule has 0 radical (unpaired) electrons. The zero-order valence-corrected chi connectivity index (χ0v) is 11.8. The average molecular weight is 300 g/mol. The Bertz CT molecular complexity index is 556. The van der Waals surface area contributed by atoms with Crippen molar-refractivity contribution in [3.63, 3.8) is 0 Å². The first-order valence-corrected chi connectivity index (χ1v) is 6.74. The van der Waals surface area contributed by atoms with E-state index in [2.05, 4.69) is 9.28 Å². The number of halogens is 3. The highest BCUT2D eigenvalue weighted by Gasteiger charge is 2.47. The van der Waals surface area contributed by atoms with E-state index in [1.807, 2.05) is 20.8 Å². The molecule has 0 saturated heterocycles. The molecule has 0 aliphatic rings. The molecule has 1 aromatic heterocycles. The second-order valence-corrected chi connectivity index (χ2v) is 6.70. The van der Waals surface area contributed by atoms with Crippen molar-refractivity contribution in [3.8, 4) is 0 Å². The highest BCUT2D eigenvalue weighted by Crippen LogP contribution is 2.28. The molecule has 19 heavy (non-hydrogen) atoms. The third-order valence-electron chi connectivity index (χ3n) is 2.27. The van der Waals surface area contributed by atoms with Crippen LogP contribution in [0, 0.1) is 0 Å². The van der Waals surface area contributed by atoms with Crippen LogP contribution < -0.4 is 0 Å². The Morgan fingerprint density at radius 1 is 1.32 bits per heavy atom. The first-order valence-electron chi connectivity index (χ1n) is 5.33. The molecule has 0 aliphatic carbocycles. The Morgan fingerprint density at radius 3 is 2.26 bits per heavy atom. The topological polar surface area (TPSA) is 61.2 Å². The van der Waals surface area contributed by atoms with E-state index in [9.17, 15) is 21.6 Å². The fourth-order valence-electron chi connectivity index (χ4n) is 1.48. The Labute approximate surface area is 109 Å². The lowest BCUT2D eigenvalue weighted by Gasteiger charge is -2.17. The highest BCUT2D eigenvalue weighted by atomic mass is 32.2. The average Bonchev–Trinajstić information content (AvgIpc) is 2.54. The molecule has 0 fully saturated rings. The predicted octanol–water partition coefficient (Wildman–Crippen LogP) is 2.08. The SMILES string of the molecule is Cn1cc(COS(=O)(=O)C(F)(F)F)c(C(C)(C)C)n1. The van der Waals surface area contributed by atoms with E-state index < -0.39 is 27.6 Å². The van der Waals surface area contributed by atoms with E-state index in [-0.39, 0.29) is 0 Å². The first kappa shape index (κ1) is 16.0. The summed E-state index contributed by atoms with van der Waals surface area (Å²) >= 11 is 0. The molecule has 0 N–H and O–H groups in total. The minimum atomic E-state index is -5.59. The van der Waals surface area contributed by atoms with Crippen LogP contribution in [0.4, 0.5) is 13.2 Å². The normalized spacial score (nSPS) is 13.8. The van der Waals surface area contributed by atoms with Gasteiger partial charge in [-0.05, 0) is 0 Å². The van der Waals surface area contributed by atoms with Gasteiger partial charge in [0.15, 0.2) is 0 Å². The maximum absolute atomic E-state index is 12.1. The van der Waals surface area contributed by atoms with Gasteiger partial charge in [0.05, 0.1) is 12.3 Å². The molecule has 1 heterocycles. The lowest BCUT2D eigenvalue weighted by Crippen LogP contribution is -2.25. The number of nitrogens with zero attached hydrogens (tertiary/aromatic N) is 2. The van der Waals surface area contributed by atoms with Crippen LogP contribution in [0.2, 0.25) is 0 Å². The zero-order chi connectivity index (χ0) is 15.1. The van der Waals surface area contributed by atoms with Gasteiger partial charge < -0.3 is 0 Å². The fourth-order valence-corrected chi connectivity index (χ4v) is 1.90. The molecule has 1 aromatic rings. The summed E-state index contributed by atoms with van der Waals surface area (Å²) in [7, 11) is -3.99. The van der Waals surface area contributed by atoms with Crippen molar-refractivity contribution in [3.05, 3.63) is 17.5 Å². The second-order valence-electron chi connectivity index (χ2n) is 5.09. The van der Waals surface area contributed by atoms with Gasteiger partial charge in [-0.15, -0.1) is 0 Å². The van der Waals surface area contributed by atoms with Crippen LogP contribution in [0.25, 0.3) is 0 Å². The summed E-state index contributed by atoms with van der Waals surface area (Å²) in [5.74, 6) is 0. The number of aryl methyl sites for hydroxylation is 1. The van der Waals surface area contributed by atoms with Crippen molar-refractivity contribution < 1.29 is 25.8 Å². The van der Waals surface area contributed by atoms with Crippen LogP contribution in [0.1, 0.15) is 32.0 Å². The lowest BCUT2D eigenvalue weighted by molar-refractivity contribution is -0.0548. The number of hydrogen-bond donors (Lipinski definition) is 0. The molecule has 0 unspecified atom stereocenters. The van der Waals surface area contributed by atoms with Crippen molar-refractivity contribution in [2.24, 2.45) is 7.05 Å². The summed E-state index contributed by atoms with van der Waals surface area (Å²) in [6, 6.07) is 0. The van der Waals surface area contributed by atoms with E-state index in [0.717, 1.165) is 0 Å². The Kier molecular flexibility index (Phi) is 4.02. The van der Waals surface area contributed by atoms with Crippen molar-refractivity contribution in [1.82, 2.24) is 9.78 Å². The maximum atomic E-state index is 12.1. The molecule has 0 atom stereocenters. The summed E-state index contributed by atoms with van der Waals surface area (Å²) in [5.41, 5.74) is -5.05. The quantitative estimate of drug-likeness (QED) is 0.633. The van der Waals surface area contributed by atoms with E-state index in [0.29, 0.717) is 11.3 Å². The molecule has 9 heteroatoms. The molecule has 0 saturated carbocycles. The van der Waals surface area contributed by atoms with E-state index in [1.165, 1.54) is 10.9 Å². The molecule has 110 valence electrons. The van der Waals surface area contributed by atoms with Crippen LogP contribution >= 0.6 is 0 Å². The van der Waals surface area contributed by atoms with Gasteiger partial charge in [0.2, 0.25) is 0 Å². The predicted molar refractivity (Wildman–Crippen MR) is 61.7 cm³/mol. The summed E-state index contributed by atoms with van der Waals surface area (Å²) in [5, 5.41) is 4.11. The Balaban J connectivity index is 2.97. The Morgan fingerprint density at radius 2 is 1.84 bits per heavy atom. The summed E-state index contributed by atoms with van der Waals surface area (Å²) in [4.78, 5) is 0. The summed E-state index contributed by atoms with van der Waals surface area (Å²) in [6.45, 7) is 4.76. The van der Waals surface area contributed by atoms with E-state index in [1.54, 1.807) is 7.05 Å². The minimum absolute atomic E-state index is 0.308. The monoisotopic (exact) mass is 300 g/mol. The van der Waals surface area contributed by atoms with Gasteiger partial charge in [0.1, 0.15) is 0 Å². The number of rotatable bonds is 3. The van der Waals surface area contributed by atoms with Crippen LogP contribution in [0.15, 0.2) is 6.20 Å². The smallest absolute Gasteiger partial charge is 0.275 e. The highest BCUT2D eigenvalue weighted by molar-refractivity contribution is 7.87. The van der Waals surface area contributed by atoms with Gasteiger partial charge in [-0.1, -0.05) is 20.8 Å². The van der Waals surface area contributed by atoms with Crippen molar-refractivity contribution in [1.29, 1.82) is 0 Å². The van der Waals surface area contributed by atoms with Gasteiger partial charge in [-0.25, -0.2) is 0 Å². The third-order valence-corrected chi connectivity index (χ3v) is 3.26. The van der Waals surface area contributed by atoms with Crippen molar-refractivity contribution >= 4 is 10.1 Å². The number of hydrogen-bond acceptors (Lipinski definition) is 4. The van der Waals surface area contributed by atoms with E-state index >= 15 is 0 Å². The summed E-state index contributed by atoms with van der Waals surface area (Å²) in [6.07, 6.45) is 1.44. The van der Waals surface area contributed by atoms with Gasteiger partial charge in [-0.3, -0.25) is 8.86 Å². The van der Waals surface area contributed by atoms with E-state index in [4.69, 9.17) is 0 Å². The van der Waals surface area contributed by atoms with Gasteiger partial charge in [0.25, 0.3) is 0 Å². The van der Waals surface area contributed by atoms with Crippen molar-refractivity contribution in [2.75, 3.05) is 0 Å². The van der Waals surface area contributed by atoms with Gasteiger partial charge >= 0.3 is 15.6 Å². The Hall–Kier alpha value is -1.09. The molecule has 5 nitrogen and oxygen atoms in total. The zero-order valence-electron chi connectivity index (χ0n) is 10.9. The van der Waals surface area contributed by atoms with Crippen LogP contribution in [-0.2, 0) is 33.4 Å². The lowest BCUT2D eigenvalue weighted by atomic mass is 9.90. The largest absolute Gasteiger partial charge is 0.523 e. The molecule has 0 bridgehead atoms. The third kappa shape index (κ3) is 3.69. The molecule has 0 aromatic carbocycles. The molecule has 0 aliphatic heterocycles. The molecule has 0 amide bonds. The number of aromatic nitrogens is 2. The maximum Gasteiger partial charge on any atom is 0.523 e. The molecule has 0 spiro atoms. The minimum Gasteiger partial charge on any atom is -0.275 e. The van der Waals surface area contributed by atoms with Crippen molar-refractivity contribution in [2.45, 2.75) is 38.3 Å². The molecule has 1 rings (SSSR count). The second kappa shape index (κ2) is 4.78. The fraction of sp³-hybridized carbons (Fsp3) is 0.700. The van der Waals surface area contributed by atoms with Gasteiger partial charge in [-0.2, -0.15) is 26.7 Å². The first-order chi connectivity index (χ1) is 8.34. The van der Waals surface area contributed by atoms with Gasteiger partial charge in [0, 0.05) is 24.2 Å². The van der Waals surface area contributed by atoms with Crippen LogP contribution in [-0.4, -0.2) is 23.7 Å². The number of alkyl halides is 3. The van der Waals surface area contributed by atoms with Crippen LogP contribution in [0.3, 0.4) is 0 Å².